The minimum absolute atomic E-state index is 0.210. The van der Waals surface area contributed by atoms with Crippen molar-refractivity contribution in [3.8, 4) is 5.69 Å². The smallest absolute Gasteiger partial charge is 0.0645 e. The number of hydrogen-bond acceptors (Lipinski definition) is 2. The molecule has 1 N–H and O–H groups in total. The predicted octanol–water partition coefficient (Wildman–Crippen LogP) is 3.36. The van der Waals surface area contributed by atoms with Crippen molar-refractivity contribution in [2.75, 3.05) is 6.54 Å². The Balaban J connectivity index is 1.62. The molecule has 1 saturated carbocycles. The molecule has 0 saturated heterocycles. The lowest BCUT2D eigenvalue weighted by molar-refractivity contribution is 0.414. The highest BCUT2D eigenvalue weighted by atomic mass is 15.3. The molecule has 0 amide bonds. The molecular weight excluding hydrogens is 246 g/mol. The van der Waals surface area contributed by atoms with E-state index in [0.29, 0.717) is 5.92 Å². The molecule has 3 rings (SSSR count). The van der Waals surface area contributed by atoms with Crippen LogP contribution in [0, 0.1) is 5.92 Å². The maximum absolute atomic E-state index is 4.49. The van der Waals surface area contributed by atoms with E-state index in [9.17, 15) is 0 Å². The summed E-state index contributed by atoms with van der Waals surface area (Å²) in [4.78, 5) is 0. The summed E-state index contributed by atoms with van der Waals surface area (Å²) in [6, 6.07) is 10.3. The summed E-state index contributed by atoms with van der Waals surface area (Å²) in [5.41, 5.74) is 2.71. The molecule has 0 spiro atoms. The number of nitrogens with one attached hydrogen (secondary N) is 1. The van der Waals surface area contributed by atoms with E-state index in [4.69, 9.17) is 0 Å². The Labute approximate surface area is 121 Å². The maximum Gasteiger partial charge on any atom is 0.0645 e. The van der Waals surface area contributed by atoms with Crippen molar-refractivity contribution < 1.29 is 0 Å². The largest absolute Gasteiger partial charge is 0.312 e. The predicted molar refractivity (Wildman–Crippen MR) is 82.2 cm³/mol. The topological polar surface area (TPSA) is 29.9 Å². The molecular formula is C17H23N3. The van der Waals surface area contributed by atoms with Gasteiger partial charge in [-0.1, -0.05) is 18.2 Å². The van der Waals surface area contributed by atoms with Gasteiger partial charge in [-0.25, -0.2) is 4.68 Å². The molecule has 2 atom stereocenters. The fourth-order valence-electron chi connectivity index (χ4n) is 2.57. The third-order valence-corrected chi connectivity index (χ3v) is 3.87. The van der Waals surface area contributed by atoms with E-state index in [0.717, 1.165) is 18.2 Å². The Morgan fingerprint density at radius 2 is 2.00 bits per heavy atom. The van der Waals surface area contributed by atoms with Gasteiger partial charge in [0.2, 0.25) is 0 Å². The average molecular weight is 269 g/mol. The molecule has 1 fully saturated rings. The van der Waals surface area contributed by atoms with Gasteiger partial charge in [0.05, 0.1) is 11.9 Å². The van der Waals surface area contributed by atoms with Crippen molar-refractivity contribution in [2.45, 2.75) is 38.6 Å². The van der Waals surface area contributed by atoms with Gasteiger partial charge in [-0.05, 0) is 63.3 Å². The Kier molecular flexibility index (Phi) is 3.38. The molecule has 2 unspecified atom stereocenters. The lowest BCUT2D eigenvalue weighted by Gasteiger charge is -2.20. The van der Waals surface area contributed by atoms with Crippen LogP contribution < -0.4 is 5.32 Å². The second kappa shape index (κ2) is 5.06. The number of rotatable bonds is 4. The number of hydrogen-bond donors (Lipinski definition) is 1. The molecule has 1 aliphatic rings. The molecule has 0 bridgehead atoms. The van der Waals surface area contributed by atoms with Crippen molar-refractivity contribution in [3.05, 3.63) is 48.3 Å². The van der Waals surface area contributed by atoms with Crippen LogP contribution in [0.2, 0.25) is 0 Å². The first kappa shape index (κ1) is 13.4. The van der Waals surface area contributed by atoms with E-state index < -0.39 is 0 Å². The summed E-state index contributed by atoms with van der Waals surface area (Å²) in [5.74, 6) is 1.45. The first-order valence-corrected chi connectivity index (χ1v) is 7.38. The first-order chi connectivity index (χ1) is 9.53. The number of nitrogens with zero attached hydrogens (tertiary/aromatic N) is 2. The fourth-order valence-corrected chi connectivity index (χ4v) is 2.57. The molecule has 20 heavy (non-hydrogen) atoms. The number of aromatic nitrogens is 2. The quantitative estimate of drug-likeness (QED) is 0.922. The molecule has 1 aromatic heterocycles. The summed E-state index contributed by atoms with van der Waals surface area (Å²) < 4.78 is 1.97. The summed E-state index contributed by atoms with van der Waals surface area (Å²) >= 11 is 0. The second-order valence-corrected chi connectivity index (χ2v) is 6.79. The summed E-state index contributed by atoms with van der Waals surface area (Å²) in [7, 11) is 0. The van der Waals surface area contributed by atoms with Crippen LogP contribution in [0.15, 0.2) is 42.7 Å². The van der Waals surface area contributed by atoms with Gasteiger partial charge in [0.15, 0.2) is 0 Å². The first-order valence-electron chi connectivity index (χ1n) is 7.38. The molecule has 2 aromatic rings. The van der Waals surface area contributed by atoms with Crippen LogP contribution in [0.25, 0.3) is 5.69 Å². The van der Waals surface area contributed by atoms with Gasteiger partial charge < -0.3 is 5.32 Å². The van der Waals surface area contributed by atoms with E-state index >= 15 is 0 Å². The standard InChI is InChI=1S/C17H23N3/c1-17(2,3)18-10-13-9-16(13)14-11-19-20(12-14)15-7-5-4-6-8-15/h4-8,11-13,16,18H,9-10H2,1-3H3. The van der Waals surface area contributed by atoms with Crippen LogP contribution in [-0.4, -0.2) is 21.9 Å². The molecule has 3 nitrogen and oxygen atoms in total. The van der Waals surface area contributed by atoms with Gasteiger partial charge in [-0.3, -0.25) is 0 Å². The Morgan fingerprint density at radius 3 is 2.70 bits per heavy atom. The van der Waals surface area contributed by atoms with Crippen molar-refractivity contribution >= 4 is 0 Å². The zero-order valence-electron chi connectivity index (χ0n) is 12.5. The van der Waals surface area contributed by atoms with Gasteiger partial charge in [0.25, 0.3) is 0 Å². The molecule has 1 aromatic carbocycles. The van der Waals surface area contributed by atoms with Gasteiger partial charge >= 0.3 is 0 Å². The van der Waals surface area contributed by atoms with Gasteiger partial charge in [-0.15, -0.1) is 0 Å². The van der Waals surface area contributed by atoms with E-state index in [1.54, 1.807) is 0 Å². The highest BCUT2D eigenvalue weighted by molar-refractivity contribution is 5.32. The van der Waals surface area contributed by atoms with Gasteiger partial charge in [0.1, 0.15) is 0 Å². The van der Waals surface area contributed by atoms with E-state index in [1.807, 2.05) is 29.1 Å². The van der Waals surface area contributed by atoms with Gasteiger partial charge in [0, 0.05) is 11.7 Å². The minimum Gasteiger partial charge on any atom is -0.312 e. The lowest BCUT2D eigenvalue weighted by atomic mass is 10.1. The van der Waals surface area contributed by atoms with Crippen LogP contribution in [0.3, 0.4) is 0 Å². The van der Waals surface area contributed by atoms with Crippen molar-refractivity contribution in [2.24, 2.45) is 5.92 Å². The van der Waals surface area contributed by atoms with Crippen molar-refractivity contribution in [1.82, 2.24) is 15.1 Å². The fraction of sp³-hybridized carbons (Fsp3) is 0.471. The second-order valence-electron chi connectivity index (χ2n) is 6.79. The molecule has 0 aliphatic heterocycles. The van der Waals surface area contributed by atoms with Crippen LogP contribution >= 0.6 is 0 Å². The maximum atomic E-state index is 4.49. The molecule has 1 aliphatic carbocycles. The van der Waals surface area contributed by atoms with E-state index in [2.05, 4.69) is 49.5 Å². The normalized spacial score (nSPS) is 21.9. The minimum atomic E-state index is 0.210. The third kappa shape index (κ3) is 3.10. The molecule has 106 valence electrons. The molecule has 1 heterocycles. The van der Waals surface area contributed by atoms with E-state index in [1.165, 1.54) is 12.0 Å². The zero-order chi connectivity index (χ0) is 14.2. The highest BCUT2D eigenvalue weighted by Crippen LogP contribution is 2.47. The third-order valence-electron chi connectivity index (χ3n) is 3.87. The molecule has 0 radical (unpaired) electrons. The van der Waals surface area contributed by atoms with Crippen LogP contribution in [0.5, 0.6) is 0 Å². The van der Waals surface area contributed by atoms with Crippen molar-refractivity contribution in [3.63, 3.8) is 0 Å². The monoisotopic (exact) mass is 269 g/mol. The Morgan fingerprint density at radius 1 is 1.25 bits per heavy atom. The van der Waals surface area contributed by atoms with Crippen LogP contribution in [0.1, 0.15) is 38.7 Å². The summed E-state index contributed by atoms with van der Waals surface area (Å²) in [6.07, 6.45) is 5.48. The van der Waals surface area contributed by atoms with Crippen LogP contribution in [0.4, 0.5) is 0 Å². The lowest BCUT2D eigenvalue weighted by Crippen LogP contribution is -2.37. The highest BCUT2D eigenvalue weighted by Gasteiger charge is 2.39. The summed E-state index contributed by atoms with van der Waals surface area (Å²) in [5, 5.41) is 8.08. The zero-order valence-corrected chi connectivity index (χ0v) is 12.5. The Hall–Kier alpha value is -1.61. The van der Waals surface area contributed by atoms with Crippen LogP contribution in [-0.2, 0) is 0 Å². The number of benzene rings is 1. The Bertz CT molecular complexity index is 565. The molecule has 3 heteroatoms. The average Bonchev–Trinajstić information content (AvgIpc) is 3.03. The van der Waals surface area contributed by atoms with Crippen molar-refractivity contribution in [1.29, 1.82) is 0 Å². The van der Waals surface area contributed by atoms with E-state index in [-0.39, 0.29) is 5.54 Å². The SMILES string of the molecule is CC(C)(C)NCC1CC1c1cnn(-c2ccccc2)c1. The van der Waals surface area contributed by atoms with Gasteiger partial charge in [-0.2, -0.15) is 5.10 Å². The number of para-hydroxylation sites is 1. The summed E-state index contributed by atoms with van der Waals surface area (Å²) in [6.45, 7) is 7.76.